The van der Waals surface area contributed by atoms with E-state index in [0.717, 1.165) is 44.0 Å². The van der Waals surface area contributed by atoms with Crippen LogP contribution in [0.4, 0.5) is 14.5 Å². The van der Waals surface area contributed by atoms with E-state index in [9.17, 15) is 32.0 Å². The summed E-state index contributed by atoms with van der Waals surface area (Å²) in [6.07, 6.45) is 1.60. The first kappa shape index (κ1) is 32.4. The van der Waals surface area contributed by atoms with E-state index in [2.05, 4.69) is 26.6 Å². The molecule has 11 nitrogen and oxygen atoms in total. The second kappa shape index (κ2) is 12.9. The van der Waals surface area contributed by atoms with Crippen molar-refractivity contribution >= 4 is 39.2 Å². The predicted molar refractivity (Wildman–Crippen MR) is 175 cm³/mol. The Hall–Kier alpha value is -4.54. The van der Waals surface area contributed by atoms with Crippen LogP contribution in [0.5, 0.6) is 11.5 Å². The van der Waals surface area contributed by atoms with E-state index in [4.69, 9.17) is 4.74 Å². The van der Waals surface area contributed by atoms with Gasteiger partial charge in [0.25, 0.3) is 15.6 Å². The molecule has 244 valence electrons. The van der Waals surface area contributed by atoms with Gasteiger partial charge in [-0.2, -0.15) is 0 Å². The lowest BCUT2D eigenvalue weighted by Gasteiger charge is -2.31. The third kappa shape index (κ3) is 6.94. The van der Waals surface area contributed by atoms with E-state index >= 15 is 0 Å². The van der Waals surface area contributed by atoms with E-state index in [0.29, 0.717) is 34.6 Å². The maximum atomic E-state index is 14.7. The molecule has 15 heteroatoms. The quantitative estimate of drug-likeness (QED) is 0.177. The van der Waals surface area contributed by atoms with Gasteiger partial charge in [-0.05, 0) is 61.0 Å². The minimum Gasteiger partial charge on any atom is -0.454 e. The molecule has 0 aliphatic carbocycles. The van der Waals surface area contributed by atoms with Gasteiger partial charge in [0.05, 0.1) is 4.90 Å². The average molecular weight is 664 g/mol. The minimum atomic E-state index is -4.14. The molecule has 2 aromatic heterocycles. The molecule has 3 aromatic carbocycles. The number of ether oxygens (including phenoxy) is 1. The number of likely N-dealkylation sites (N-methyl/N-ethyl adjacent to an activating group) is 1. The van der Waals surface area contributed by atoms with Gasteiger partial charge in [0.2, 0.25) is 0 Å². The molecule has 1 aliphatic rings. The molecule has 47 heavy (non-hydrogen) atoms. The normalized spacial score (nSPS) is 14.4. The Labute approximate surface area is 269 Å². The van der Waals surface area contributed by atoms with Gasteiger partial charge in [-0.1, -0.05) is 12.1 Å². The molecule has 1 aliphatic heterocycles. The second-order valence-electron chi connectivity index (χ2n) is 11.6. The number of hydrogen-bond acceptors (Lipinski definition) is 8. The Morgan fingerprint density at radius 2 is 1.62 bits per heavy atom. The first-order valence-corrected chi connectivity index (χ1v) is 16.2. The SMILES string of the molecule is CN1CCN(Cc2cc3c(-c4cc(NS(=O)(=O)c5ccc(B(O)O)cc5)ccc4Oc4ccc(F)cc4F)cn(C)c(=O)c3[nH]2)CC1. The zero-order valence-corrected chi connectivity index (χ0v) is 26.4. The highest BCUT2D eigenvalue weighted by Gasteiger charge is 2.22. The number of H-pyrrole nitrogens is 1. The molecule has 0 spiro atoms. The van der Waals surface area contributed by atoms with Gasteiger partial charge in [-0.25, -0.2) is 17.2 Å². The van der Waals surface area contributed by atoms with Crippen molar-refractivity contribution in [2.75, 3.05) is 37.9 Å². The number of aryl methyl sites for hydroxylation is 1. The predicted octanol–water partition coefficient (Wildman–Crippen LogP) is 2.83. The summed E-state index contributed by atoms with van der Waals surface area (Å²) in [7, 11) is -2.23. The number of aromatic amines is 1. The maximum absolute atomic E-state index is 14.7. The average Bonchev–Trinajstić information content (AvgIpc) is 3.46. The molecule has 4 N–H and O–H groups in total. The van der Waals surface area contributed by atoms with Crippen molar-refractivity contribution in [2.45, 2.75) is 11.4 Å². The molecule has 0 unspecified atom stereocenters. The number of pyridine rings is 1. The molecule has 1 fully saturated rings. The Morgan fingerprint density at radius 3 is 2.30 bits per heavy atom. The molecule has 0 radical (unpaired) electrons. The summed E-state index contributed by atoms with van der Waals surface area (Å²) in [6, 6.07) is 14.2. The third-order valence-electron chi connectivity index (χ3n) is 8.13. The molecule has 6 rings (SSSR count). The number of nitrogens with one attached hydrogen (secondary N) is 2. The number of halogens is 2. The number of hydrogen-bond donors (Lipinski definition) is 4. The summed E-state index contributed by atoms with van der Waals surface area (Å²) in [4.78, 5) is 20.9. The molecular weight excluding hydrogens is 631 g/mol. The summed E-state index contributed by atoms with van der Waals surface area (Å²) in [5.74, 6) is -1.83. The van der Waals surface area contributed by atoms with Crippen LogP contribution in [-0.2, 0) is 23.6 Å². The van der Waals surface area contributed by atoms with E-state index in [1.54, 1.807) is 13.2 Å². The first-order chi connectivity index (χ1) is 22.4. The van der Waals surface area contributed by atoms with Gasteiger partial charge in [-0.3, -0.25) is 14.4 Å². The minimum absolute atomic E-state index is 0.123. The molecule has 0 atom stereocenters. The monoisotopic (exact) mass is 663 g/mol. The van der Waals surface area contributed by atoms with E-state index < -0.39 is 28.8 Å². The molecule has 3 heterocycles. The zero-order valence-electron chi connectivity index (χ0n) is 25.6. The van der Waals surface area contributed by atoms with Crippen LogP contribution >= 0.6 is 0 Å². The summed E-state index contributed by atoms with van der Waals surface area (Å²) in [5, 5.41) is 19.3. The Morgan fingerprint density at radius 1 is 0.915 bits per heavy atom. The van der Waals surface area contributed by atoms with Crippen molar-refractivity contribution in [1.82, 2.24) is 19.4 Å². The lowest BCUT2D eigenvalue weighted by atomic mass is 9.81. The highest BCUT2D eigenvalue weighted by molar-refractivity contribution is 7.92. The van der Waals surface area contributed by atoms with Crippen LogP contribution in [0.3, 0.4) is 0 Å². The molecule has 0 bridgehead atoms. The summed E-state index contributed by atoms with van der Waals surface area (Å²) in [6.45, 7) is 4.16. The number of piperazine rings is 1. The zero-order chi connectivity index (χ0) is 33.5. The second-order valence-corrected chi connectivity index (χ2v) is 13.2. The largest absolute Gasteiger partial charge is 0.488 e. The first-order valence-electron chi connectivity index (χ1n) is 14.8. The van der Waals surface area contributed by atoms with Gasteiger partial charge >= 0.3 is 7.12 Å². The van der Waals surface area contributed by atoms with Gasteiger partial charge in [-0.15, -0.1) is 0 Å². The maximum Gasteiger partial charge on any atom is 0.488 e. The number of fused-ring (bicyclic) bond motifs is 1. The van der Waals surface area contributed by atoms with Crippen LogP contribution in [0.25, 0.3) is 22.0 Å². The summed E-state index contributed by atoms with van der Waals surface area (Å²) in [5.41, 5.74) is 1.97. The number of anilines is 1. The lowest BCUT2D eigenvalue weighted by Crippen LogP contribution is -2.43. The van der Waals surface area contributed by atoms with Crippen molar-refractivity contribution in [1.29, 1.82) is 0 Å². The summed E-state index contributed by atoms with van der Waals surface area (Å²) >= 11 is 0. The summed E-state index contributed by atoms with van der Waals surface area (Å²) < 4.78 is 64.8. The van der Waals surface area contributed by atoms with Crippen LogP contribution in [-0.4, -0.2) is 78.2 Å². The molecule has 5 aromatic rings. The fraction of sp³-hybridized carbons (Fsp3) is 0.219. The van der Waals surface area contributed by atoms with Crippen LogP contribution < -0.4 is 20.5 Å². The number of benzene rings is 3. The smallest absolute Gasteiger partial charge is 0.454 e. The van der Waals surface area contributed by atoms with Crippen molar-refractivity contribution in [2.24, 2.45) is 7.05 Å². The van der Waals surface area contributed by atoms with Gasteiger partial charge in [0.15, 0.2) is 11.6 Å². The van der Waals surface area contributed by atoms with Crippen LogP contribution in [0.2, 0.25) is 0 Å². The number of aromatic nitrogens is 2. The molecular formula is C32H32BF2N5O6S. The van der Waals surface area contributed by atoms with Crippen molar-refractivity contribution in [3.63, 3.8) is 0 Å². The van der Waals surface area contributed by atoms with E-state index in [1.807, 2.05) is 6.07 Å². The number of rotatable bonds is 9. The van der Waals surface area contributed by atoms with Gasteiger partial charge in [0, 0.05) is 79.9 Å². The van der Waals surface area contributed by atoms with E-state index in [-0.39, 0.29) is 33.1 Å². The van der Waals surface area contributed by atoms with Crippen molar-refractivity contribution in [3.05, 3.63) is 101 Å². The highest BCUT2D eigenvalue weighted by Crippen LogP contribution is 2.39. The van der Waals surface area contributed by atoms with Crippen LogP contribution in [0.15, 0.2) is 82.6 Å². The Balaban J connectivity index is 1.44. The van der Waals surface area contributed by atoms with Crippen LogP contribution in [0, 0.1) is 11.6 Å². The third-order valence-corrected chi connectivity index (χ3v) is 9.53. The van der Waals surface area contributed by atoms with Gasteiger partial charge < -0.3 is 29.2 Å². The highest BCUT2D eigenvalue weighted by atomic mass is 32.2. The number of sulfonamides is 1. The molecule has 0 amide bonds. The topological polar surface area (TPSA) is 140 Å². The Kier molecular flexibility index (Phi) is 8.92. The number of nitrogens with zero attached hydrogens (tertiary/aromatic N) is 3. The standard InChI is InChI=1S/C32H32BF2N5O6S/c1-38-11-13-40(14-12-38)18-23-17-26-27(19-39(2)32(41)31(26)36-23)25-16-22(6-10-29(25)46-30-9-5-21(34)15-28(30)35)37-47(44,45)24-7-3-20(4-8-24)33(42)43/h3-10,15-17,19,36-37,42-43H,11-14,18H2,1-2H3. The Bertz CT molecular complexity index is 2110. The molecule has 1 saturated heterocycles. The fourth-order valence-corrected chi connectivity index (χ4v) is 6.59. The lowest BCUT2D eigenvalue weighted by molar-refractivity contribution is 0.147. The van der Waals surface area contributed by atoms with E-state index in [1.165, 1.54) is 47.0 Å². The van der Waals surface area contributed by atoms with Crippen LogP contribution in [0.1, 0.15) is 5.69 Å². The fourth-order valence-electron chi connectivity index (χ4n) is 5.54. The van der Waals surface area contributed by atoms with Crippen molar-refractivity contribution in [3.8, 4) is 22.6 Å². The van der Waals surface area contributed by atoms with Crippen molar-refractivity contribution < 1.29 is 32.0 Å². The molecule has 0 saturated carbocycles. The van der Waals surface area contributed by atoms with Gasteiger partial charge in [0.1, 0.15) is 17.1 Å².